The van der Waals surface area contributed by atoms with E-state index in [9.17, 15) is 4.79 Å². The topological polar surface area (TPSA) is 59.2 Å². The van der Waals surface area contributed by atoms with Crippen molar-refractivity contribution in [1.82, 2.24) is 0 Å². The van der Waals surface area contributed by atoms with E-state index in [1.165, 1.54) is 6.26 Å². The summed E-state index contributed by atoms with van der Waals surface area (Å²) < 4.78 is 6.96. The van der Waals surface area contributed by atoms with E-state index < -0.39 is 0 Å². The van der Waals surface area contributed by atoms with Gasteiger partial charge in [0.15, 0.2) is 12.3 Å². The summed E-state index contributed by atoms with van der Waals surface area (Å²) in [5, 5.41) is 0.724. The lowest BCUT2D eigenvalue weighted by Gasteiger charge is -2.06. The van der Waals surface area contributed by atoms with Gasteiger partial charge in [0.25, 0.3) is 0 Å². The highest BCUT2D eigenvalue weighted by atomic mass is 32.2. The standard InChI is InChI=1S/C10H12N2O2S/c1-7-6-15-10(11)12(7)5-8(13)9-3-2-4-14-9/h2-4,7,11H,5-6H2,1H3/p+1. The molecule has 1 aromatic heterocycles. The van der Waals surface area contributed by atoms with Crippen LogP contribution in [0.5, 0.6) is 0 Å². The van der Waals surface area contributed by atoms with Crippen molar-refractivity contribution in [2.24, 2.45) is 5.73 Å². The molecule has 0 aromatic carbocycles. The SMILES string of the molecule is CC1CSC(N)=[N+]1CC(=O)c1ccco1. The minimum absolute atomic E-state index is 0.0303. The average molecular weight is 225 g/mol. The van der Waals surface area contributed by atoms with Gasteiger partial charge in [0.05, 0.1) is 6.26 Å². The minimum Gasteiger partial charge on any atom is -0.461 e. The van der Waals surface area contributed by atoms with E-state index in [0.717, 1.165) is 10.9 Å². The second-order valence-electron chi connectivity index (χ2n) is 3.53. The van der Waals surface area contributed by atoms with Crippen molar-refractivity contribution < 1.29 is 13.8 Å². The highest BCUT2D eigenvalue weighted by Crippen LogP contribution is 2.15. The molecule has 0 spiro atoms. The summed E-state index contributed by atoms with van der Waals surface area (Å²) in [7, 11) is 0. The molecule has 0 radical (unpaired) electrons. The number of nitrogens with zero attached hydrogens (tertiary/aromatic N) is 1. The van der Waals surface area contributed by atoms with E-state index in [0.29, 0.717) is 18.3 Å². The van der Waals surface area contributed by atoms with Crippen LogP contribution in [0, 0.1) is 0 Å². The molecule has 4 nitrogen and oxygen atoms in total. The van der Waals surface area contributed by atoms with Crippen molar-refractivity contribution >= 4 is 22.7 Å². The van der Waals surface area contributed by atoms with Gasteiger partial charge in [0, 0.05) is 5.75 Å². The van der Waals surface area contributed by atoms with Crippen LogP contribution in [0.15, 0.2) is 22.8 Å². The maximum Gasteiger partial charge on any atom is 0.304 e. The van der Waals surface area contributed by atoms with Gasteiger partial charge >= 0.3 is 5.17 Å². The molecule has 2 N–H and O–H groups in total. The number of hydrogen-bond acceptors (Lipinski definition) is 4. The van der Waals surface area contributed by atoms with E-state index in [-0.39, 0.29) is 5.78 Å². The lowest BCUT2D eigenvalue weighted by Crippen LogP contribution is -2.31. The van der Waals surface area contributed by atoms with Crippen LogP contribution in [0.2, 0.25) is 0 Å². The molecule has 0 fully saturated rings. The Labute approximate surface area is 92.1 Å². The number of nitrogens with two attached hydrogens (primary N) is 1. The lowest BCUT2D eigenvalue weighted by atomic mass is 10.2. The van der Waals surface area contributed by atoms with Crippen LogP contribution in [0.4, 0.5) is 0 Å². The number of furan rings is 1. The first-order valence-corrected chi connectivity index (χ1v) is 5.75. The fourth-order valence-electron chi connectivity index (χ4n) is 1.50. The number of Topliss-reactive ketones (excluding diaryl/α,β-unsaturated/α-hetero) is 1. The molecular formula is C10H13N2O2S+. The summed E-state index contributed by atoms with van der Waals surface area (Å²) >= 11 is 1.59. The van der Waals surface area contributed by atoms with Gasteiger partial charge in [-0.25, -0.2) is 4.58 Å². The Hall–Kier alpha value is -1.23. The summed E-state index contributed by atoms with van der Waals surface area (Å²) in [6.07, 6.45) is 1.50. The van der Waals surface area contributed by atoms with Gasteiger partial charge < -0.3 is 4.42 Å². The highest BCUT2D eigenvalue weighted by molar-refractivity contribution is 8.13. The normalized spacial score (nSPS) is 21.0. The van der Waals surface area contributed by atoms with Crippen molar-refractivity contribution in [2.45, 2.75) is 13.0 Å². The molecule has 0 saturated heterocycles. The third-order valence-corrected chi connectivity index (χ3v) is 3.58. The molecule has 0 saturated carbocycles. The van der Waals surface area contributed by atoms with Gasteiger partial charge in [0.1, 0.15) is 6.04 Å². The number of ketones is 1. The fourth-order valence-corrected chi connectivity index (χ4v) is 2.50. The predicted molar refractivity (Wildman–Crippen MR) is 59.3 cm³/mol. The molecule has 1 unspecified atom stereocenters. The smallest absolute Gasteiger partial charge is 0.304 e. The van der Waals surface area contributed by atoms with Crippen LogP contribution in [-0.2, 0) is 0 Å². The zero-order valence-electron chi connectivity index (χ0n) is 8.47. The number of thioether (sulfide) groups is 1. The first-order valence-electron chi connectivity index (χ1n) is 4.77. The van der Waals surface area contributed by atoms with Gasteiger partial charge in [-0.3, -0.25) is 10.5 Å². The lowest BCUT2D eigenvalue weighted by molar-refractivity contribution is -0.539. The van der Waals surface area contributed by atoms with Crippen LogP contribution >= 0.6 is 11.8 Å². The van der Waals surface area contributed by atoms with E-state index >= 15 is 0 Å². The minimum atomic E-state index is -0.0303. The Morgan fingerprint density at radius 2 is 2.60 bits per heavy atom. The monoisotopic (exact) mass is 225 g/mol. The van der Waals surface area contributed by atoms with Crippen LogP contribution in [-0.4, -0.2) is 33.9 Å². The number of amidine groups is 1. The molecule has 2 rings (SSSR count). The van der Waals surface area contributed by atoms with Crippen LogP contribution in [0.1, 0.15) is 17.5 Å². The molecule has 1 atom stereocenters. The second-order valence-corrected chi connectivity index (χ2v) is 4.57. The van der Waals surface area contributed by atoms with Crippen molar-refractivity contribution in [3.63, 3.8) is 0 Å². The maximum atomic E-state index is 11.7. The number of rotatable bonds is 3. The van der Waals surface area contributed by atoms with Gasteiger partial charge in [0.2, 0.25) is 5.78 Å². The van der Waals surface area contributed by atoms with E-state index in [4.69, 9.17) is 10.2 Å². The fraction of sp³-hybridized carbons (Fsp3) is 0.400. The van der Waals surface area contributed by atoms with Crippen molar-refractivity contribution in [2.75, 3.05) is 12.3 Å². The Morgan fingerprint density at radius 1 is 1.80 bits per heavy atom. The van der Waals surface area contributed by atoms with Crippen molar-refractivity contribution in [3.05, 3.63) is 24.2 Å². The summed E-state index contributed by atoms with van der Waals surface area (Å²) in [5.74, 6) is 1.31. The average Bonchev–Trinajstić information content (AvgIpc) is 2.82. The molecular weight excluding hydrogens is 212 g/mol. The zero-order chi connectivity index (χ0) is 10.8. The van der Waals surface area contributed by atoms with Crippen LogP contribution in [0.3, 0.4) is 0 Å². The molecule has 2 heterocycles. The molecule has 0 aliphatic carbocycles. The summed E-state index contributed by atoms with van der Waals surface area (Å²) in [6.45, 7) is 2.36. The van der Waals surface area contributed by atoms with Gasteiger partial charge in [-0.2, -0.15) is 0 Å². The van der Waals surface area contributed by atoms with Gasteiger partial charge in [-0.1, -0.05) is 0 Å². The highest BCUT2D eigenvalue weighted by Gasteiger charge is 2.28. The molecule has 1 aliphatic heterocycles. The molecule has 0 amide bonds. The van der Waals surface area contributed by atoms with Crippen molar-refractivity contribution in [3.8, 4) is 0 Å². The third-order valence-electron chi connectivity index (χ3n) is 2.40. The van der Waals surface area contributed by atoms with Crippen LogP contribution in [0.25, 0.3) is 0 Å². The molecule has 0 bridgehead atoms. The third kappa shape index (κ3) is 2.07. The van der Waals surface area contributed by atoms with Crippen molar-refractivity contribution in [1.29, 1.82) is 0 Å². The number of carbonyl (C=O) groups excluding carboxylic acids is 1. The Bertz CT molecular complexity index is 398. The van der Waals surface area contributed by atoms with E-state index in [2.05, 4.69) is 6.92 Å². The molecule has 15 heavy (non-hydrogen) atoms. The van der Waals surface area contributed by atoms with Crippen LogP contribution < -0.4 is 5.73 Å². The molecule has 5 heteroatoms. The molecule has 80 valence electrons. The number of carbonyl (C=O) groups is 1. The van der Waals surface area contributed by atoms with Gasteiger partial charge in [-0.15, -0.1) is 0 Å². The summed E-state index contributed by atoms with van der Waals surface area (Å²) in [6, 6.07) is 3.70. The molecule has 1 aromatic rings. The summed E-state index contributed by atoms with van der Waals surface area (Å²) in [5.41, 5.74) is 5.79. The number of hydrogen-bond donors (Lipinski definition) is 1. The van der Waals surface area contributed by atoms with Gasteiger partial charge in [-0.05, 0) is 30.8 Å². The Morgan fingerprint density at radius 3 is 3.13 bits per heavy atom. The quantitative estimate of drug-likeness (QED) is 0.614. The summed E-state index contributed by atoms with van der Waals surface area (Å²) in [4.78, 5) is 11.7. The molecule has 1 aliphatic rings. The Kier molecular flexibility index (Phi) is 2.81. The second kappa shape index (κ2) is 4.10. The van der Waals surface area contributed by atoms with E-state index in [1.54, 1.807) is 23.9 Å². The Balaban J connectivity index is 2.10. The largest absolute Gasteiger partial charge is 0.461 e. The maximum absolute atomic E-state index is 11.7. The first kappa shape index (κ1) is 10.3. The first-order chi connectivity index (χ1) is 7.18. The van der Waals surface area contributed by atoms with E-state index in [1.807, 2.05) is 4.58 Å². The predicted octanol–water partition coefficient (Wildman–Crippen LogP) is 0.925. The zero-order valence-corrected chi connectivity index (χ0v) is 9.29.